The number of aromatic nitrogens is 1. The predicted molar refractivity (Wildman–Crippen MR) is 109 cm³/mol. The van der Waals surface area contributed by atoms with Crippen molar-refractivity contribution >= 4 is 21.5 Å². The van der Waals surface area contributed by atoms with Crippen molar-refractivity contribution in [3.63, 3.8) is 0 Å². The first-order chi connectivity index (χ1) is 12.8. The molecule has 0 bridgehead atoms. The molecule has 0 radical (unpaired) electrons. The Kier molecular flexibility index (Phi) is 5.05. The molecular weight excluding hydrogens is 362 g/mol. The van der Waals surface area contributed by atoms with E-state index in [2.05, 4.69) is 9.71 Å². The topological polar surface area (TPSA) is 105 Å². The average Bonchev–Trinajstić information content (AvgIpc) is 2.61. The van der Waals surface area contributed by atoms with E-state index in [1.54, 1.807) is 36.5 Å². The molecule has 0 fully saturated rings. The number of nitrogens with two attached hydrogens (primary N) is 1. The van der Waals surface area contributed by atoms with E-state index < -0.39 is 10.0 Å². The average molecular weight is 383 g/mol. The summed E-state index contributed by atoms with van der Waals surface area (Å²) in [6, 6.07) is 14.0. The first-order valence-electron chi connectivity index (χ1n) is 8.43. The van der Waals surface area contributed by atoms with Gasteiger partial charge in [0.1, 0.15) is 11.6 Å². The molecule has 0 saturated carbocycles. The Labute approximate surface area is 158 Å². The lowest BCUT2D eigenvalue weighted by molar-refractivity contribution is 0.475. The summed E-state index contributed by atoms with van der Waals surface area (Å²) in [5, 5.41) is 9.54. The maximum atomic E-state index is 11.5. The van der Waals surface area contributed by atoms with Gasteiger partial charge >= 0.3 is 0 Å². The molecule has 27 heavy (non-hydrogen) atoms. The molecule has 1 aromatic heterocycles. The smallest absolute Gasteiger partial charge is 0.229 e. The maximum Gasteiger partial charge on any atom is 0.229 e. The van der Waals surface area contributed by atoms with Crippen molar-refractivity contribution in [2.45, 2.75) is 13.3 Å². The standard InChI is InChI=1S/C20H21N3O3S/c1-3-17-18(13-7-9-16(24)10-8-13)12-22-20(21)19(17)14-5-4-6-15(11-14)23-27(2,25)26/h4-12,23-24H,3H2,1-2H3,(H2,21,22). The van der Waals surface area contributed by atoms with Crippen LogP contribution in [0, 0.1) is 0 Å². The summed E-state index contributed by atoms with van der Waals surface area (Å²) in [6.45, 7) is 2.03. The molecule has 0 aliphatic rings. The second kappa shape index (κ2) is 7.28. The molecule has 0 aliphatic carbocycles. The van der Waals surface area contributed by atoms with Crippen molar-refractivity contribution in [2.24, 2.45) is 0 Å². The van der Waals surface area contributed by atoms with Crippen LogP contribution < -0.4 is 10.5 Å². The third-order valence-corrected chi connectivity index (χ3v) is 4.81. The minimum atomic E-state index is -3.38. The largest absolute Gasteiger partial charge is 0.508 e. The molecule has 0 aliphatic heterocycles. The third-order valence-electron chi connectivity index (χ3n) is 4.20. The van der Waals surface area contributed by atoms with Gasteiger partial charge < -0.3 is 10.8 Å². The summed E-state index contributed by atoms with van der Waals surface area (Å²) in [7, 11) is -3.38. The monoisotopic (exact) mass is 383 g/mol. The lowest BCUT2D eigenvalue weighted by atomic mass is 9.92. The number of rotatable bonds is 5. The highest BCUT2D eigenvalue weighted by Crippen LogP contribution is 2.37. The highest BCUT2D eigenvalue weighted by Gasteiger charge is 2.16. The number of aromatic hydroxyl groups is 1. The Balaban J connectivity index is 2.17. The first-order valence-corrected chi connectivity index (χ1v) is 10.3. The van der Waals surface area contributed by atoms with E-state index in [4.69, 9.17) is 5.73 Å². The van der Waals surface area contributed by atoms with Crippen molar-refractivity contribution in [3.8, 4) is 28.0 Å². The minimum Gasteiger partial charge on any atom is -0.508 e. The Morgan fingerprint density at radius 2 is 1.81 bits per heavy atom. The number of pyridine rings is 1. The van der Waals surface area contributed by atoms with Crippen molar-refractivity contribution in [2.75, 3.05) is 16.7 Å². The van der Waals surface area contributed by atoms with Gasteiger partial charge in [-0.05, 0) is 47.4 Å². The highest BCUT2D eigenvalue weighted by atomic mass is 32.2. The molecule has 6 nitrogen and oxygen atoms in total. The van der Waals surface area contributed by atoms with E-state index in [0.717, 1.165) is 34.1 Å². The van der Waals surface area contributed by atoms with Crippen LogP contribution in [0.2, 0.25) is 0 Å². The fraction of sp³-hybridized carbons (Fsp3) is 0.150. The van der Waals surface area contributed by atoms with Gasteiger partial charge in [0.15, 0.2) is 0 Å². The molecule has 0 amide bonds. The van der Waals surface area contributed by atoms with Gasteiger partial charge in [-0.2, -0.15) is 0 Å². The summed E-state index contributed by atoms with van der Waals surface area (Å²) >= 11 is 0. The Morgan fingerprint density at radius 1 is 1.11 bits per heavy atom. The van der Waals surface area contributed by atoms with Gasteiger partial charge in [-0.25, -0.2) is 13.4 Å². The Hall–Kier alpha value is -3.06. The van der Waals surface area contributed by atoms with E-state index >= 15 is 0 Å². The molecule has 4 N–H and O–H groups in total. The van der Waals surface area contributed by atoms with Crippen LogP contribution in [-0.4, -0.2) is 24.8 Å². The van der Waals surface area contributed by atoms with Crippen molar-refractivity contribution < 1.29 is 13.5 Å². The predicted octanol–water partition coefficient (Wildman–Crippen LogP) is 3.64. The second-order valence-corrected chi connectivity index (χ2v) is 8.01. The van der Waals surface area contributed by atoms with Crippen LogP contribution in [0.1, 0.15) is 12.5 Å². The number of nitrogen functional groups attached to an aromatic ring is 1. The molecule has 7 heteroatoms. The van der Waals surface area contributed by atoms with Crippen LogP contribution in [0.25, 0.3) is 22.3 Å². The normalized spacial score (nSPS) is 11.3. The van der Waals surface area contributed by atoms with Crippen LogP contribution in [0.5, 0.6) is 5.75 Å². The fourth-order valence-electron chi connectivity index (χ4n) is 3.10. The van der Waals surface area contributed by atoms with E-state index in [-0.39, 0.29) is 5.75 Å². The Bertz CT molecular complexity index is 1080. The molecule has 3 aromatic rings. The van der Waals surface area contributed by atoms with Crippen molar-refractivity contribution in [3.05, 3.63) is 60.3 Å². The van der Waals surface area contributed by atoms with Crippen LogP contribution in [-0.2, 0) is 16.4 Å². The molecule has 0 saturated heterocycles. The number of anilines is 2. The number of nitrogens with zero attached hydrogens (tertiary/aromatic N) is 1. The fourth-order valence-corrected chi connectivity index (χ4v) is 3.65. The first kappa shape index (κ1) is 18.7. The number of sulfonamides is 1. The summed E-state index contributed by atoms with van der Waals surface area (Å²) in [6.07, 6.45) is 3.54. The number of phenolic OH excluding ortho intramolecular Hbond substituents is 1. The van der Waals surface area contributed by atoms with Crippen LogP contribution in [0.15, 0.2) is 54.7 Å². The van der Waals surface area contributed by atoms with E-state index in [0.29, 0.717) is 17.9 Å². The summed E-state index contributed by atoms with van der Waals surface area (Å²) in [4.78, 5) is 4.34. The molecule has 0 spiro atoms. The number of hydrogen-bond donors (Lipinski definition) is 3. The number of benzene rings is 2. The SMILES string of the molecule is CCc1c(-c2ccc(O)cc2)cnc(N)c1-c1cccc(NS(C)(=O)=O)c1. The molecule has 0 atom stereocenters. The van der Waals surface area contributed by atoms with Crippen molar-refractivity contribution in [1.82, 2.24) is 4.98 Å². The zero-order chi connectivity index (χ0) is 19.6. The Morgan fingerprint density at radius 3 is 2.44 bits per heavy atom. The van der Waals surface area contributed by atoms with E-state index in [1.165, 1.54) is 0 Å². The van der Waals surface area contributed by atoms with Gasteiger partial charge in [0.2, 0.25) is 10.0 Å². The van der Waals surface area contributed by atoms with Gasteiger partial charge in [0, 0.05) is 23.0 Å². The highest BCUT2D eigenvalue weighted by molar-refractivity contribution is 7.92. The number of nitrogens with one attached hydrogen (secondary N) is 1. The van der Waals surface area contributed by atoms with E-state index in [9.17, 15) is 13.5 Å². The molecule has 3 rings (SSSR count). The molecule has 140 valence electrons. The van der Waals surface area contributed by atoms with Crippen LogP contribution in [0.4, 0.5) is 11.5 Å². The third kappa shape index (κ3) is 4.20. The lowest BCUT2D eigenvalue weighted by Gasteiger charge is -2.16. The minimum absolute atomic E-state index is 0.194. The van der Waals surface area contributed by atoms with Crippen LogP contribution in [0.3, 0.4) is 0 Å². The van der Waals surface area contributed by atoms with E-state index in [1.807, 2.05) is 25.1 Å². The molecule has 0 unspecified atom stereocenters. The summed E-state index contributed by atoms with van der Waals surface area (Å²) in [5.74, 6) is 0.575. The molecule has 1 heterocycles. The number of phenols is 1. The van der Waals surface area contributed by atoms with Gasteiger partial charge in [0.05, 0.1) is 6.26 Å². The quantitative estimate of drug-likeness (QED) is 0.624. The second-order valence-electron chi connectivity index (χ2n) is 6.27. The summed E-state index contributed by atoms with van der Waals surface area (Å²) in [5.41, 5.74) is 11.1. The summed E-state index contributed by atoms with van der Waals surface area (Å²) < 4.78 is 25.6. The van der Waals surface area contributed by atoms with Gasteiger partial charge in [0.25, 0.3) is 0 Å². The maximum absolute atomic E-state index is 11.5. The van der Waals surface area contributed by atoms with Crippen molar-refractivity contribution in [1.29, 1.82) is 0 Å². The van der Waals surface area contributed by atoms with Gasteiger partial charge in [-0.15, -0.1) is 0 Å². The molecular formula is C20H21N3O3S. The zero-order valence-electron chi connectivity index (χ0n) is 15.1. The zero-order valence-corrected chi connectivity index (χ0v) is 15.9. The van der Waals surface area contributed by atoms with Gasteiger partial charge in [-0.3, -0.25) is 4.72 Å². The van der Waals surface area contributed by atoms with Crippen LogP contribution >= 0.6 is 0 Å². The van der Waals surface area contributed by atoms with Gasteiger partial charge in [-0.1, -0.05) is 31.2 Å². The molecule has 2 aromatic carbocycles. The lowest BCUT2D eigenvalue weighted by Crippen LogP contribution is -2.09. The number of hydrogen-bond acceptors (Lipinski definition) is 5.